The number of rotatable bonds is 4. The molecule has 2 aromatic rings. The molecular formula is C19H22ClN3O3. The van der Waals surface area contributed by atoms with E-state index in [1.54, 1.807) is 36.8 Å². The van der Waals surface area contributed by atoms with E-state index in [1.807, 2.05) is 4.90 Å². The summed E-state index contributed by atoms with van der Waals surface area (Å²) in [5, 5.41) is 5.76. The van der Waals surface area contributed by atoms with Gasteiger partial charge in [0.1, 0.15) is 0 Å². The summed E-state index contributed by atoms with van der Waals surface area (Å²) in [4.78, 5) is 26.6. The highest BCUT2D eigenvalue weighted by molar-refractivity contribution is 6.34. The first-order valence-electron chi connectivity index (χ1n) is 8.71. The quantitative estimate of drug-likeness (QED) is 0.837. The number of hydrogen-bond donors (Lipinski definition) is 2. The number of carbonyl (C=O) groups is 2. The zero-order valence-corrected chi connectivity index (χ0v) is 15.4. The maximum Gasteiger partial charge on any atom is 0.319 e. The number of furan rings is 1. The Morgan fingerprint density at radius 1 is 1.31 bits per heavy atom. The number of piperidine rings is 1. The smallest absolute Gasteiger partial charge is 0.319 e. The summed E-state index contributed by atoms with van der Waals surface area (Å²) >= 11 is 6.30. The van der Waals surface area contributed by atoms with Crippen molar-refractivity contribution in [3.05, 3.63) is 52.9 Å². The number of benzene rings is 1. The van der Waals surface area contributed by atoms with E-state index in [4.69, 9.17) is 16.0 Å². The molecule has 0 bridgehead atoms. The predicted octanol–water partition coefficient (Wildman–Crippen LogP) is 4.27. The largest absolute Gasteiger partial charge is 0.472 e. The van der Waals surface area contributed by atoms with Crippen molar-refractivity contribution in [2.24, 2.45) is 0 Å². The number of nitrogens with zero attached hydrogens (tertiary/aromatic N) is 1. The first-order valence-corrected chi connectivity index (χ1v) is 9.09. The third-order valence-electron chi connectivity index (χ3n) is 4.55. The van der Waals surface area contributed by atoms with Crippen molar-refractivity contribution < 1.29 is 14.0 Å². The molecule has 3 amide bonds. The molecule has 2 heterocycles. The molecule has 0 saturated carbocycles. The van der Waals surface area contributed by atoms with Crippen molar-refractivity contribution >= 4 is 29.2 Å². The molecule has 1 aliphatic rings. The average molecular weight is 376 g/mol. The fourth-order valence-corrected chi connectivity index (χ4v) is 3.33. The van der Waals surface area contributed by atoms with Gasteiger partial charge in [-0.25, -0.2) is 4.79 Å². The van der Waals surface area contributed by atoms with Crippen molar-refractivity contribution in [3.63, 3.8) is 0 Å². The molecule has 0 radical (unpaired) electrons. The standard InChI is InChI=1S/C19H22ClN3O3/c1-13-4-2-3-8-23(13)18(24)16-6-5-15(10-17(16)20)22-19(25)21-11-14-7-9-26-12-14/h5-7,9-10,12-13H,2-4,8,11H2,1H3,(H2,21,22,25). The van der Waals surface area contributed by atoms with Gasteiger partial charge < -0.3 is 20.0 Å². The van der Waals surface area contributed by atoms with Gasteiger partial charge in [-0.2, -0.15) is 0 Å². The third-order valence-corrected chi connectivity index (χ3v) is 4.87. The lowest BCUT2D eigenvalue weighted by molar-refractivity contribution is 0.0636. The number of likely N-dealkylation sites (tertiary alicyclic amines) is 1. The van der Waals surface area contributed by atoms with Crippen molar-refractivity contribution in [3.8, 4) is 0 Å². The van der Waals surface area contributed by atoms with Crippen LogP contribution in [0.15, 0.2) is 41.2 Å². The minimum atomic E-state index is -0.356. The lowest BCUT2D eigenvalue weighted by atomic mass is 10.0. The molecule has 1 unspecified atom stereocenters. The van der Waals surface area contributed by atoms with Crippen LogP contribution in [0.5, 0.6) is 0 Å². The molecule has 2 N–H and O–H groups in total. The Bertz CT molecular complexity index is 776. The zero-order valence-electron chi connectivity index (χ0n) is 14.6. The molecule has 3 rings (SSSR count). The van der Waals surface area contributed by atoms with Gasteiger partial charge in [0, 0.05) is 30.4 Å². The van der Waals surface area contributed by atoms with Crippen LogP contribution in [0.1, 0.15) is 42.1 Å². The Morgan fingerprint density at radius 2 is 2.15 bits per heavy atom. The van der Waals surface area contributed by atoms with E-state index < -0.39 is 0 Å². The molecular weight excluding hydrogens is 354 g/mol. The van der Waals surface area contributed by atoms with Crippen molar-refractivity contribution in [1.82, 2.24) is 10.2 Å². The molecule has 1 atom stereocenters. The monoisotopic (exact) mass is 375 g/mol. The molecule has 1 saturated heterocycles. The Kier molecular flexibility index (Phi) is 5.83. The number of hydrogen-bond acceptors (Lipinski definition) is 3. The second kappa shape index (κ2) is 8.27. The maximum atomic E-state index is 12.7. The maximum absolute atomic E-state index is 12.7. The number of amides is 3. The molecule has 1 aromatic heterocycles. The van der Waals surface area contributed by atoms with Crippen LogP contribution in [0.4, 0.5) is 10.5 Å². The van der Waals surface area contributed by atoms with Crippen LogP contribution in [0.3, 0.4) is 0 Å². The summed E-state index contributed by atoms with van der Waals surface area (Å²) in [6, 6.07) is 6.59. The first kappa shape index (κ1) is 18.3. The van der Waals surface area contributed by atoms with E-state index in [1.165, 1.54) is 0 Å². The number of nitrogens with one attached hydrogen (secondary N) is 2. The fraction of sp³-hybridized carbons (Fsp3) is 0.368. The van der Waals surface area contributed by atoms with Crippen LogP contribution < -0.4 is 10.6 Å². The summed E-state index contributed by atoms with van der Waals surface area (Å²) in [6.45, 7) is 3.18. The van der Waals surface area contributed by atoms with Crippen LogP contribution in [-0.4, -0.2) is 29.4 Å². The second-order valence-electron chi connectivity index (χ2n) is 6.48. The Morgan fingerprint density at radius 3 is 2.85 bits per heavy atom. The van der Waals surface area contributed by atoms with Gasteiger partial charge in [0.15, 0.2) is 0 Å². The van der Waals surface area contributed by atoms with Gasteiger partial charge in [-0.05, 0) is 50.5 Å². The van der Waals surface area contributed by atoms with E-state index in [9.17, 15) is 9.59 Å². The van der Waals surface area contributed by atoms with Gasteiger partial charge in [-0.1, -0.05) is 11.6 Å². The van der Waals surface area contributed by atoms with Crippen molar-refractivity contribution in [2.75, 3.05) is 11.9 Å². The Balaban J connectivity index is 1.61. The normalized spacial score (nSPS) is 17.0. The molecule has 1 aliphatic heterocycles. The van der Waals surface area contributed by atoms with E-state index in [0.29, 0.717) is 22.8 Å². The van der Waals surface area contributed by atoms with Crippen LogP contribution in [-0.2, 0) is 6.54 Å². The number of anilines is 1. The fourth-order valence-electron chi connectivity index (χ4n) is 3.07. The highest BCUT2D eigenvalue weighted by Gasteiger charge is 2.25. The molecule has 26 heavy (non-hydrogen) atoms. The van der Waals surface area contributed by atoms with Gasteiger partial charge in [0.25, 0.3) is 5.91 Å². The second-order valence-corrected chi connectivity index (χ2v) is 6.88. The lowest BCUT2D eigenvalue weighted by Crippen LogP contribution is -2.42. The van der Waals surface area contributed by atoms with Crippen LogP contribution in [0.25, 0.3) is 0 Å². The minimum Gasteiger partial charge on any atom is -0.472 e. The van der Waals surface area contributed by atoms with E-state index in [-0.39, 0.29) is 18.0 Å². The predicted molar refractivity (Wildman–Crippen MR) is 100 cm³/mol. The number of urea groups is 1. The summed E-state index contributed by atoms with van der Waals surface area (Å²) in [6.07, 6.45) is 6.30. The number of carbonyl (C=O) groups excluding carboxylic acids is 2. The lowest BCUT2D eigenvalue weighted by Gasteiger charge is -2.33. The van der Waals surface area contributed by atoms with Crippen LogP contribution in [0, 0.1) is 0 Å². The molecule has 0 aliphatic carbocycles. The molecule has 7 heteroatoms. The SMILES string of the molecule is CC1CCCCN1C(=O)c1ccc(NC(=O)NCc2ccoc2)cc1Cl. The molecule has 1 fully saturated rings. The third kappa shape index (κ3) is 4.38. The van der Waals surface area contributed by atoms with Gasteiger partial charge in [-0.15, -0.1) is 0 Å². The van der Waals surface area contributed by atoms with Gasteiger partial charge in [0.05, 0.1) is 23.1 Å². The zero-order chi connectivity index (χ0) is 18.5. The average Bonchev–Trinajstić information content (AvgIpc) is 3.13. The topological polar surface area (TPSA) is 74.6 Å². The summed E-state index contributed by atoms with van der Waals surface area (Å²) < 4.78 is 4.95. The van der Waals surface area contributed by atoms with Gasteiger partial charge >= 0.3 is 6.03 Å². The highest BCUT2D eigenvalue weighted by Crippen LogP contribution is 2.25. The molecule has 6 nitrogen and oxygen atoms in total. The number of halogens is 1. The van der Waals surface area contributed by atoms with Gasteiger partial charge in [-0.3, -0.25) is 4.79 Å². The minimum absolute atomic E-state index is 0.0573. The summed E-state index contributed by atoms with van der Waals surface area (Å²) in [5.74, 6) is -0.0573. The molecule has 1 aromatic carbocycles. The van der Waals surface area contributed by atoms with Crippen molar-refractivity contribution in [1.29, 1.82) is 0 Å². The van der Waals surface area contributed by atoms with Crippen molar-refractivity contribution in [2.45, 2.75) is 38.8 Å². The molecule has 138 valence electrons. The van der Waals surface area contributed by atoms with E-state index in [0.717, 1.165) is 31.4 Å². The summed E-state index contributed by atoms with van der Waals surface area (Å²) in [5.41, 5.74) is 1.86. The summed E-state index contributed by atoms with van der Waals surface area (Å²) in [7, 11) is 0. The highest BCUT2D eigenvalue weighted by atomic mass is 35.5. The van der Waals surface area contributed by atoms with Crippen LogP contribution in [0.2, 0.25) is 5.02 Å². The van der Waals surface area contributed by atoms with Gasteiger partial charge in [0.2, 0.25) is 0 Å². The van der Waals surface area contributed by atoms with E-state index in [2.05, 4.69) is 17.6 Å². The molecule has 0 spiro atoms. The Hall–Kier alpha value is -2.47. The van der Waals surface area contributed by atoms with E-state index >= 15 is 0 Å². The first-order chi connectivity index (χ1) is 12.5. The Labute approximate surface area is 157 Å². The van der Waals surface area contributed by atoms with Crippen LogP contribution >= 0.6 is 11.6 Å².